The van der Waals surface area contributed by atoms with Gasteiger partial charge in [-0.25, -0.2) is 0 Å². The Morgan fingerprint density at radius 1 is 1.16 bits per heavy atom. The number of pyridine rings is 1. The molecular formula is C19H20N4O2. The van der Waals surface area contributed by atoms with Crippen LogP contribution in [-0.4, -0.2) is 26.8 Å². The van der Waals surface area contributed by atoms with Crippen LogP contribution in [0.1, 0.15) is 24.2 Å². The zero-order chi connectivity index (χ0) is 17.8. The molecule has 3 rings (SSSR count). The topological polar surface area (TPSA) is 69.0 Å². The number of anilines is 1. The summed E-state index contributed by atoms with van der Waals surface area (Å²) in [5, 5.41) is 7.05. The van der Waals surface area contributed by atoms with Crippen LogP contribution >= 0.6 is 0 Å². The molecule has 128 valence electrons. The Hall–Kier alpha value is -3.15. The maximum atomic E-state index is 12.6. The van der Waals surface area contributed by atoms with E-state index in [1.807, 2.05) is 39.2 Å². The van der Waals surface area contributed by atoms with Crippen LogP contribution in [0.5, 0.6) is 5.75 Å². The minimum absolute atomic E-state index is 0.0448. The summed E-state index contributed by atoms with van der Waals surface area (Å²) in [4.78, 5) is 16.6. The molecule has 0 radical (unpaired) electrons. The van der Waals surface area contributed by atoms with Crippen molar-refractivity contribution in [3.63, 3.8) is 0 Å². The standard InChI is InChI=1S/C19H20N4O2/c1-13(2)25-18-10-14(15-11-21-23(3)12-15)4-5-17(18)19(24)22-16-6-8-20-9-7-16/h4-13H,1-3H3,(H,20,22,24). The Labute approximate surface area is 146 Å². The van der Waals surface area contributed by atoms with Crippen molar-refractivity contribution in [1.82, 2.24) is 14.8 Å². The number of ether oxygens (including phenoxy) is 1. The molecule has 3 aromatic rings. The van der Waals surface area contributed by atoms with E-state index in [4.69, 9.17) is 4.74 Å². The number of aryl methyl sites for hydroxylation is 1. The maximum Gasteiger partial charge on any atom is 0.259 e. The molecule has 25 heavy (non-hydrogen) atoms. The van der Waals surface area contributed by atoms with Gasteiger partial charge >= 0.3 is 0 Å². The van der Waals surface area contributed by atoms with Gasteiger partial charge in [-0.05, 0) is 43.7 Å². The average molecular weight is 336 g/mol. The predicted molar refractivity (Wildman–Crippen MR) is 96.6 cm³/mol. The molecule has 1 amide bonds. The number of rotatable bonds is 5. The quantitative estimate of drug-likeness (QED) is 0.774. The Bertz CT molecular complexity index is 872. The second-order valence-electron chi connectivity index (χ2n) is 5.97. The van der Waals surface area contributed by atoms with E-state index in [2.05, 4.69) is 15.4 Å². The van der Waals surface area contributed by atoms with E-state index in [0.29, 0.717) is 17.0 Å². The number of aromatic nitrogens is 3. The highest BCUT2D eigenvalue weighted by atomic mass is 16.5. The second kappa shape index (κ2) is 7.17. The van der Waals surface area contributed by atoms with Gasteiger partial charge in [0.2, 0.25) is 0 Å². The Kier molecular flexibility index (Phi) is 4.79. The van der Waals surface area contributed by atoms with Crippen LogP contribution in [0.2, 0.25) is 0 Å². The lowest BCUT2D eigenvalue weighted by Crippen LogP contribution is -2.15. The summed E-state index contributed by atoms with van der Waals surface area (Å²) >= 11 is 0. The molecular weight excluding hydrogens is 316 g/mol. The van der Waals surface area contributed by atoms with Gasteiger partial charge in [-0.2, -0.15) is 5.10 Å². The van der Waals surface area contributed by atoms with Crippen molar-refractivity contribution in [2.24, 2.45) is 7.05 Å². The molecule has 0 aliphatic rings. The van der Waals surface area contributed by atoms with Crippen LogP contribution in [-0.2, 0) is 7.05 Å². The minimum Gasteiger partial charge on any atom is -0.490 e. The maximum absolute atomic E-state index is 12.6. The largest absolute Gasteiger partial charge is 0.490 e. The lowest BCUT2D eigenvalue weighted by molar-refractivity contribution is 0.102. The summed E-state index contributed by atoms with van der Waals surface area (Å²) in [6.45, 7) is 3.86. The van der Waals surface area contributed by atoms with E-state index in [1.54, 1.807) is 41.5 Å². The van der Waals surface area contributed by atoms with Gasteiger partial charge in [-0.3, -0.25) is 14.5 Å². The molecule has 2 aromatic heterocycles. The summed E-state index contributed by atoms with van der Waals surface area (Å²) in [5.74, 6) is 0.322. The average Bonchev–Trinajstić information content (AvgIpc) is 3.01. The van der Waals surface area contributed by atoms with E-state index in [9.17, 15) is 4.79 Å². The van der Waals surface area contributed by atoms with Crippen molar-refractivity contribution in [3.8, 4) is 16.9 Å². The van der Waals surface area contributed by atoms with Gasteiger partial charge < -0.3 is 10.1 Å². The Balaban J connectivity index is 1.93. The highest BCUT2D eigenvalue weighted by Crippen LogP contribution is 2.28. The van der Waals surface area contributed by atoms with Crippen molar-refractivity contribution < 1.29 is 9.53 Å². The van der Waals surface area contributed by atoms with E-state index in [-0.39, 0.29) is 12.0 Å². The number of nitrogens with zero attached hydrogens (tertiary/aromatic N) is 3. The van der Waals surface area contributed by atoms with Crippen molar-refractivity contribution in [1.29, 1.82) is 0 Å². The SMILES string of the molecule is CC(C)Oc1cc(-c2cnn(C)c2)ccc1C(=O)Nc1ccncc1. The van der Waals surface area contributed by atoms with E-state index >= 15 is 0 Å². The van der Waals surface area contributed by atoms with Gasteiger partial charge in [0.05, 0.1) is 17.9 Å². The lowest BCUT2D eigenvalue weighted by Gasteiger charge is -2.15. The van der Waals surface area contributed by atoms with Crippen molar-refractivity contribution in [2.75, 3.05) is 5.32 Å². The first-order valence-electron chi connectivity index (χ1n) is 8.04. The third kappa shape index (κ3) is 4.03. The summed E-state index contributed by atoms with van der Waals surface area (Å²) in [6, 6.07) is 9.02. The first-order chi connectivity index (χ1) is 12.0. The number of hydrogen-bond donors (Lipinski definition) is 1. The van der Waals surface area contributed by atoms with Crippen molar-refractivity contribution >= 4 is 11.6 Å². The predicted octanol–water partition coefficient (Wildman–Crippen LogP) is 3.52. The number of nitrogens with one attached hydrogen (secondary N) is 1. The summed E-state index contributed by atoms with van der Waals surface area (Å²) in [5.41, 5.74) is 3.09. The van der Waals surface area contributed by atoms with Crippen LogP contribution in [0.4, 0.5) is 5.69 Å². The van der Waals surface area contributed by atoms with Gasteiger partial charge in [0.15, 0.2) is 0 Å². The second-order valence-corrected chi connectivity index (χ2v) is 5.97. The molecule has 2 heterocycles. The fraction of sp³-hybridized carbons (Fsp3) is 0.211. The molecule has 6 heteroatoms. The van der Waals surface area contributed by atoms with Crippen LogP contribution in [0, 0.1) is 0 Å². The number of hydrogen-bond acceptors (Lipinski definition) is 4. The van der Waals surface area contributed by atoms with E-state index < -0.39 is 0 Å². The highest BCUT2D eigenvalue weighted by molar-refractivity contribution is 6.06. The van der Waals surface area contributed by atoms with Crippen LogP contribution in [0.25, 0.3) is 11.1 Å². The lowest BCUT2D eigenvalue weighted by atomic mass is 10.1. The third-order valence-electron chi connectivity index (χ3n) is 3.57. The minimum atomic E-state index is -0.223. The highest BCUT2D eigenvalue weighted by Gasteiger charge is 2.16. The smallest absolute Gasteiger partial charge is 0.259 e. The zero-order valence-corrected chi connectivity index (χ0v) is 14.4. The third-order valence-corrected chi connectivity index (χ3v) is 3.57. The Morgan fingerprint density at radius 2 is 1.92 bits per heavy atom. The molecule has 0 aliphatic heterocycles. The summed E-state index contributed by atoms with van der Waals surface area (Å²) in [7, 11) is 1.87. The molecule has 0 fully saturated rings. The zero-order valence-electron chi connectivity index (χ0n) is 14.4. The fourth-order valence-electron chi connectivity index (χ4n) is 2.44. The molecule has 0 spiro atoms. The molecule has 0 bridgehead atoms. The Morgan fingerprint density at radius 3 is 2.56 bits per heavy atom. The monoisotopic (exact) mass is 336 g/mol. The number of carbonyl (C=O) groups is 1. The molecule has 1 N–H and O–H groups in total. The molecule has 1 aromatic carbocycles. The molecule has 0 atom stereocenters. The molecule has 6 nitrogen and oxygen atoms in total. The van der Waals surface area contributed by atoms with E-state index in [1.165, 1.54) is 0 Å². The summed E-state index contributed by atoms with van der Waals surface area (Å²) < 4.78 is 7.61. The summed E-state index contributed by atoms with van der Waals surface area (Å²) in [6.07, 6.45) is 6.92. The first-order valence-corrected chi connectivity index (χ1v) is 8.04. The van der Waals surface area contributed by atoms with Gasteiger partial charge in [0.25, 0.3) is 5.91 Å². The molecule has 0 unspecified atom stereocenters. The van der Waals surface area contributed by atoms with Crippen LogP contribution < -0.4 is 10.1 Å². The number of benzene rings is 1. The normalized spacial score (nSPS) is 10.7. The van der Waals surface area contributed by atoms with Gasteiger partial charge in [-0.15, -0.1) is 0 Å². The van der Waals surface area contributed by atoms with Crippen LogP contribution in [0.15, 0.2) is 55.1 Å². The first kappa shape index (κ1) is 16.7. The number of amides is 1. The van der Waals surface area contributed by atoms with E-state index in [0.717, 1.165) is 11.1 Å². The van der Waals surface area contributed by atoms with Crippen molar-refractivity contribution in [2.45, 2.75) is 20.0 Å². The molecule has 0 saturated carbocycles. The molecule has 0 aliphatic carbocycles. The van der Waals surface area contributed by atoms with Gasteiger partial charge in [-0.1, -0.05) is 6.07 Å². The van der Waals surface area contributed by atoms with Crippen molar-refractivity contribution in [3.05, 3.63) is 60.7 Å². The number of carbonyl (C=O) groups excluding carboxylic acids is 1. The van der Waals surface area contributed by atoms with Gasteiger partial charge in [0, 0.05) is 36.9 Å². The fourth-order valence-corrected chi connectivity index (χ4v) is 2.44. The molecule has 0 saturated heterocycles. The van der Waals surface area contributed by atoms with Crippen LogP contribution in [0.3, 0.4) is 0 Å². The van der Waals surface area contributed by atoms with Gasteiger partial charge in [0.1, 0.15) is 5.75 Å².